The fraction of sp³-hybridized carbons (Fsp3) is 0.300. The van der Waals surface area contributed by atoms with Gasteiger partial charge in [-0.05, 0) is 32.9 Å². The van der Waals surface area contributed by atoms with Gasteiger partial charge in [-0.2, -0.15) is 0 Å². The summed E-state index contributed by atoms with van der Waals surface area (Å²) in [4.78, 5) is 27.0. The van der Waals surface area contributed by atoms with E-state index in [0.29, 0.717) is 18.9 Å². The summed E-state index contributed by atoms with van der Waals surface area (Å²) >= 11 is 0. The maximum Gasteiger partial charge on any atom is 0.410 e. The van der Waals surface area contributed by atoms with Crippen molar-refractivity contribution in [1.29, 1.82) is 0 Å². The fourth-order valence-corrected chi connectivity index (χ4v) is 2.77. The van der Waals surface area contributed by atoms with Gasteiger partial charge in [0.1, 0.15) is 17.7 Å². The van der Waals surface area contributed by atoms with Crippen LogP contribution in [0.1, 0.15) is 43.3 Å². The van der Waals surface area contributed by atoms with Gasteiger partial charge >= 0.3 is 6.09 Å². The van der Waals surface area contributed by atoms with Gasteiger partial charge in [-0.25, -0.2) is 14.8 Å². The minimum absolute atomic E-state index is 0.364. The Hall–Kier alpha value is -3.22. The number of aromatic nitrogens is 3. The number of carbonyl (C=O) groups is 1. The molecule has 7 heteroatoms. The second-order valence-electron chi connectivity index (χ2n) is 7.22. The molecule has 27 heavy (non-hydrogen) atoms. The Morgan fingerprint density at radius 1 is 1.22 bits per heavy atom. The lowest BCUT2D eigenvalue weighted by molar-refractivity contribution is 0.0241. The lowest BCUT2D eigenvalue weighted by Crippen LogP contribution is -2.33. The van der Waals surface area contributed by atoms with Crippen LogP contribution >= 0.6 is 0 Å². The minimum atomic E-state index is -0.543. The van der Waals surface area contributed by atoms with E-state index in [0.717, 1.165) is 28.2 Å². The van der Waals surface area contributed by atoms with Crippen LogP contribution in [0.3, 0.4) is 0 Å². The molecule has 1 aliphatic heterocycles. The molecule has 2 aromatic rings. The van der Waals surface area contributed by atoms with Gasteiger partial charge in [-0.1, -0.05) is 19.2 Å². The second-order valence-corrected chi connectivity index (χ2v) is 7.22. The van der Waals surface area contributed by atoms with Crippen molar-refractivity contribution in [3.63, 3.8) is 0 Å². The number of anilines is 2. The van der Waals surface area contributed by atoms with Crippen molar-refractivity contribution in [1.82, 2.24) is 19.9 Å². The van der Waals surface area contributed by atoms with Crippen LogP contribution in [0.15, 0.2) is 31.7 Å². The van der Waals surface area contributed by atoms with Gasteiger partial charge in [0.05, 0.1) is 36.4 Å². The molecule has 7 nitrogen and oxygen atoms in total. The number of rotatable bonds is 4. The number of amides is 1. The van der Waals surface area contributed by atoms with Crippen molar-refractivity contribution < 1.29 is 9.53 Å². The first-order chi connectivity index (χ1) is 12.8. The molecule has 0 spiro atoms. The van der Waals surface area contributed by atoms with Crippen molar-refractivity contribution in [3.8, 4) is 0 Å². The Morgan fingerprint density at radius 3 is 2.67 bits per heavy atom. The van der Waals surface area contributed by atoms with Crippen LogP contribution in [-0.2, 0) is 17.8 Å². The molecule has 0 bridgehead atoms. The first kappa shape index (κ1) is 18.6. The second kappa shape index (κ2) is 7.19. The first-order valence-corrected chi connectivity index (χ1v) is 8.63. The SMILES string of the molecule is C=Cc1cc(Nc2ncnc3c2CN(C(=O)OC(C)(C)C)C3)cnc1C=C. The molecule has 1 N–H and O–H groups in total. The Balaban J connectivity index is 1.82. The lowest BCUT2D eigenvalue weighted by Gasteiger charge is -2.24. The van der Waals surface area contributed by atoms with E-state index < -0.39 is 5.60 Å². The third kappa shape index (κ3) is 4.13. The Kier molecular flexibility index (Phi) is 4.94. The standard InChI is InChI=1S/C20H23N5O2/c1-6-13-8-14(9-21-16(13)7-2)24-18-15-10-25(11-17(15)22-12-23-18)19(26)27-20(3,4)5/h6-9,12H,1-2,10-11H2,3-5H3,(H,22,23,24). The van der Waals surface area contributed by atoms with Crippen molar-refractivity contribution in [2.45, 2.75) is 39.5 Å². The Bertz CT molecular complexity index is 902. The fourth-order valence-electron chi connectivity index (χ4n) is 2.77. The molecule has 1 aliphatic rings. The number of carbonyl (C=O) groups excluding carboxylic acids is 1. The zero-order valence-corrected chi connectivity index (χ0v) is 15.8. The van der Waals surface area contributed by atoms with Gasteiger partial charge in [-0.3, -0.25) is 9.88 Å². The molecule has 0 unspecified atom stereocenters. The predicted octanol–water partition coefficient (Wildman–Crippen LogP) is 4.15. The van der Waals surface area contributed by atoms with Gasteiger partial charge in [0.2, 0.25) is 0 Å². The molecular formula is C20H23N5O2. The number of fused-ring (bicyclic) bond motifs is 1. The van der Waals surface area contributed by atoms with Crippen molar-refractivity contribution in [2.75, 3.05) is 5.32 Å². The molecule has 0 saturated heterocycles. The molecule has 0 fully saturated rings. The number of hydrogen-bond donors (Lipinski definition) is 1. The van der Waals surface area contributed by atoms with Gasteiger partial charge in [-0.15, -0.1) is 0 Å². The summed E-state index contributed by atoms with van der Waals surface area (Å²) in [5.74, 6) is 0.647. The number of ether oxygens (including phenoxy) is 1. The van der Waals surface area contributed by atoms with Gasteiger partial charge < -0.3 is 10.1 Å². The van der Waals surface area contributed by atoms with E-state index in [-0.39, 0.29) is 6.09 Å². The normalized spacial score (nSPS) is 13.1. The average Bonchev–Trinajstić information content (AvgIpc) is 3.06. The third-order valence-corrected chi connectivity index (χ3v) is 4.00. The smallest absolute Gasteiger partial charge is 0.410 e. The summed E-state index contributed by atoms with van der Waals surface area (Å²) in [5.41, 5.74) is 3.54. The highest BCUT2D eigenvalue weighted by molar-refractivity contribution is 5.71. The molecule has 0 atom stereocenters. The van der Waals surface area contributed by atoms with Crippen LogP contribution in [0.25, 0.3) is 12.2 Å². The monoisotopic (exact) mass is 365 g/mol. The number of nitrogens with zero attached hydrogens (tertiary/aromatic N) is 4. The maximum absolute atomic E-state index is 12.4. The van der Waals surface area contributed by atoms with Crippen LogP contribution < -0.4 is 5.32 Å². The molecule has 3 heterocycles. The van der Waals surface area contributed by atoms with E-state index >= 15 is 0 Å². The number of pyridine rings is 1. The van der Waals surface area contributed by atoms with Crippen LogP contribution in [0.2, 0.25) is 0 Å². The first-order valence-electron chi connectivity index (χ1n) is 8.63. The largest absolute Gasteiger partial charge is 0.444 e. The van der Waals surface area contributed by atoms with Crippen molar-refractivity contribution >= 4 is 29.8 Å². The summed E-state index contributed by atoms with van der Waals surface area (Å²) in [5, 5.41) is 3.26. The highest BCUT2D eigenvalue weighted by atomic mass is 16.6. The minimum Gasteiger partial charge on any atom is -0.444 e. The quantitative estimate of drug-likeness (QED) is 0.877. The molecular weight excluding hydrogens is 342 g/mol. The molecule has 1 amide bonds. The highest BCUT2D eigenvalue weighted by Crippen LogP contribution is 2.29. The highest BCUT2D eigenvalue weighted by Gasteiger charge is 2.30. The molecule has 2 aromatic heterocycles. The van der Waals surface area contributed by atoms with E-state index in [2.05, 4.69) is 33.4 Å². The van der Waals surface area contributed by atoms with Crippen LogP contribution in [0, 0.1) is 0 Å². The summed E-state index contributed by atoms with van der Waals surface area (Å²) in [6, 6.07) is 1.92. The lowest BCUT2D eigenvalue weighted by atomic mass is 10.1. The molecule has 3 rings (SSSR count). The third-order valence-electron chi connectivity index (χ3n) is 4.00. The van der Waals surface area contributed by atoms with Gasteiger partial charge in [0, 0.05) is 11.1 Å². The topological polar surface area (TPSA) is 80.2 Å². The summed E-state index contributed by atoms with van der Waals surface area (Å²) < 4.78 is 5.45. The Morgan fingerprint density at radius 2 is 2.00 bits per heavy atom. The molecule has 0 saturated carbocycles. The summed E-state index contributed by atoms with van der Waals surface area (Å²) in [6.45, 7) is 13.9. The van der Waals surface area contributed by atoms with Crippen LogP contribution in [0.5, 0.6) is 0 Å². The molecule has 0 aliphatic carbocycles. The summed E-state index contributed by atoms with van der Waals surface area (Å²) in [6.07, 6.45) is 6.24. The van der Waals surface area contributed by atoms with E-state index in [4.69, 9.17) is 4.74 Å². The van der Waals surface area contributed by atoms with E-state index in [1.165, 1.54) is 6.33 Å². The van der Waals surface area contributed by atoms with Crippen LogP contribution in [-0.4, -0.2) is 31.5 Å². The molecule has 140 valence electrons. The van der Waals surface area contributed by atoms with Crippen molar-refractivity contribution in [3.05, 3.63) is 54.3 Å². The van der Waals surface area contributed by atoms with E-state index in [9.17, 15) is 4.79 Å². The van der Waals surface area contributed by atoms with Crippen LogP contribution in [0.4, 0.5) is 16.3 Å². The van der Waals surface area contributed by atoms with Gasteiger partial charge in [0.15, 0.2) is 0 Å². The predicted molar refractivity (Wildman–Crippen MR) is 105 cm³/mol. The zero-order chi connectivity index (χ0) is 19.6. The van der Waals surface area contributed by atoms with Crippen molar-refractivity contribution in [2.24, 2.45) is 0 Å². The molecule has 0 radical (unpaired) electrons. The number of hydrogen-bond acceptors (Lipinski definition) is 6. The maximum atomic E-state index is 12.4. The summed E-state index contributed by atoms with van der Waals surface area (Å²) in [7, 11) is 0. The average molecular weight is 365 g/mol. The van der Waals surface area contributed by atoms with Gasteiger partial charge in [0.25, 0.3) is 0 Å². The Labute approximate surface area is 158 Å². The van der Waals surface area contributed by atoms with E-state index in [1.54, 1.807) is 23.2 Å². The van der Waals surface area contributed by atoms with E-state index in [1.807, 2.05) is 26.8 Å². The number of nitrogens with one attached hydrogen (secondary N) is 1. The molecule has 0 aromatic carbocycles. The zero-order valence-electron chi connectivity index (χ0n) is 15.8.